The fourth-order valence-electron chi connectivity index (χ4n) is 1.28. The topological polar surface area (TPSA) is 86.1 Å². The number of imide groups is 1. The summed E-state index contributed by atoms with van der Waals surface area (Å²) >= 11 is 0. The minimum Gasteiger partial charge on any atom is -0.282 e. The maximum absolute atomic E-state index is 11.3. The second-order valence-corrected chi connectivity index (χ2v) is 2.81. The lowest BCUT2D eigenvalue weighted by Crippen LogP contribution is -2.32. The zero-order chi connectivity index (χ0) is 9.84. The highest BCUT2D eigenvalue weighted by atomic mass is 16.2. The van der Waals surface area contributed by atoms with Crippen LogP contribution in [0.15, 0.2) is 5.11 Å². The van der Waals surface area contributed by atoms with Gasteiger partial charge in [-0.15, -0.1) is 0 Å². The molecule has 70 valence electrons. The van der Waals surface area contributed by atoms with Crippen LogP contribution in [-0.4, -0.2) is 29.3 Å². The van der Waals surface area contributed by atoms with Crippen molar-refractivity contribution in [2.75, 3.05) is 6.54 Å². The van der Waals surface area contributed by atoms with Crippen LogP contribution in [0.2, 0.25) is 0 Å². The molecule has 1 unspecified atom stereocenters. The summed E-state index contributed by atoms with van der Waals surface area (Å²) in [5.41, 5.74) is 8.12. The van der Waals surface area contributed by atoms with Crippen LogP contribution >= 0.6 is 0 Å². The Morgan fingerprint density at radius 2 is 2.38 bits per heavy atom. The van der Waals surface area contributed by atoms with Crippen molar-refractivity contribution in [2.24, 2.45) is 5.11 Å². The van der Waals surface area contributed by atoms with Crippen molar-refractivity contribution in [3.05, 3.63) is 10.4 Å². The fraction of sp³-hybridized carbons (Fsp3) is 0.714. The van der Waals surface area contributed by atoms with Crippen molar-refractivity contribution in [2.45, 2.75) is 25.8 Å². The van der Waals surface area contributed by atoms with Gasteiger partial charge in [-0.25, -0.2) is 0 Å². The third-order valence-corrected chi connectivity index (χ3v) is 1.86. The number of rotatable bonds is 3. The first kappa shape index (κ1) is 9.54. The standard InChI is InChI=1S/C7H10N4O2/c1-2-3-11-6(12)4-5(7(11)13)9-10-8/h5H,2-4H2,1H3. The molecule has 0 bridgehead atoms. The Bertz CT molecular complexity index is 282. The molecular formula is C7H10N4O2. The van der Waals surface area contributed by atoms with Crippen LogP contribution in [0.25, 0.3) is 10.4 Å². The van der Waals surface area contributed by atoms with Crippen LogP contribution < -0.4 is 0 Å². The maximum Gasteiger partial charge on any atom is 0.238 e. The van der Waals surface area contributed by atoms with E-state index in [0.717, 1.165) is 11.3 Å². The number of amides is 2. The Morgan fingerprint density at radius 3 is 2.92 bits per heavy atom. The van der Waals surface area contributed by atoms with Crippen molar-refractivity contribution in [1.82, 2.24) is 4.90 Å². The number of carbonyl (C=O) groups excluding carboxylic acids is 2. The Hall–Kier alpha value is -1.55. The first-order chi connectivity index (χ1) is 6.20. The summed E-state index contributed by atoms with van der Waals surface area (Å²) in [6.45, 7) is 2.29. The van der Waals surface area contributed by atoms with E-state index in [9.17, 15) is 9.59 Å². The van der Waals surface area contributed by atoms with Crippen molar-refractivity contribution in [3.8, 4) is 0 Å². The largest absolute Gasteiger partial charge is 0.282 e. The van der Waals surface area contributed by atoms with E-state index >= 15 is 0 Å². The van der Waals surface area contributed by atoms with Gasteiger partial charge in [-0.1, -0.05) is 12.0 Å². The highest BCUT2D eigenvalue weighted by Crippen LogP contribution is 2.16. The Labute approximate surface area is 75.1 Å². The third-order valence-electron chi connectivity index (χ3n) is 1.86. The Morgan fingerprint density at radius 1 is 1.69 bits per heavy atom. The molecular weight excluding hydrogens is 172 g/mol. The molecule has 1 saturated heterocycles. The minimum atomic E-state index is -0.816. The van der Waals surface area contributed by atoms with E-state index in [1.807, 2.05) is 6.92 Å². The SMILES string of the molecule is CCCN1C(=O)CC(N=[N+]=[N-])C1=O. The van der Waals surface area contributed by atoms with Crippen molar-refractivity contribution < 1.29 is 9.59 Å². The monoisotopic (exact) mass is 182 g/mol. The zero-order valence-corrected chi connectivity index (χ0v) is 7.30. The second-order valence-electron chi connectivity index (χ2n) is 2.81. The second kappa shape index (κ2) is 3.91. The number of hydrogen-bond donors (Lipinski definition) is 0. The molecule has 0 N–H and O–H groups in total. The number of nitrogens with zero attached hydrogens (tertiary/aromatic N) is 4. The van der Waals surface area contributed by atoms with Gasteiger partial charge in [-0.2, -0.15) is 0 Å². The molecule has 1 atom stereocenters. The van der Waals surface area contributed by atoms with Gasteiger partial charge in [0.15, 0.2) is 0 Å². The van der Waals surface area contributed by atoms with Crippen LogP contribution in [0.3, 0.4) is 0 Å². The summed E-state index contributed by atoms with van der Waals surface area (Å²) in [6, 6.07) is -0.816. The van der Waals surface area contributed by atoms with Gasteiger partial charge in [-0.05, 0) is 12.0 Å². The molecule has 2 amide bonds. The molecule has 0 spiro atoms. The van der Waals surface area contributed by atoms with Crippen LogP contribution in [-0.2, 0) is 9.59 Å². The average molecular weight is 182 g/mol. The molecule has 0 aliphatic carbocycles. The zero-order valence-electron chi connectivity index (χ0n) is 7.30. The molecule has 0 aromatic heterocycles. The van der Waals surface area contributed by atoms with Gasteiger partial charge in [0.05, 0.1) is 0 Å². The highest BCUT2D eigenvalue weighted by molar-refractivity contribution is 6.05. The summed E-state index contributed by atoms with van der Waals surface area (Å²) in [5.74, 6) is -0.617. The lowest BCUT2D eigenvalue weighted by Gasteiger charge is -2.11. The van der Waals surface area contributed by atoms with E-state index in [4.69, 9.17) is 5.53 Å². The van der Waals surface area contributed by atoms with E-state index in [0.29, 0.717) is 6.54 Å². The van der Waals surface area contributed by atoms with Gasteiger partial charge in [0.1, 0.15) is 6.04 Å². The Kier molecular flexibility index (Phi) is 2.87. The Balaban J connectivity index is 2.74. The van der Waals surface area contributed by atoms with Gasteiger partial charge >= 0.3 is 0 Å². The molecule has 6 heteroatoms. The van der Waals surface area contributed by atoms with Gasteiger partial charge < -0.3 is 0 Å². The molecule has 1 aliphatic heterocycles. The van der Waals surface area contributed by atoms with Gasteiger partial charge in [0, 0.05) is 17.9 Å². The predicted molar refractivity (Wildman–Crippen MR) is 44.6 cm³/mol. The first-order valence-corrected chi connectivity index (χ1v) is 4.09. The van der Waals surface area contributed by atoms with E-state index in [-0.39, 0.29) is 18.2 Å². The van der Waals surface area contributed by atoms with Crippen LogP contribution in [0.5, 0.6) is 0 Å². The lowest BCUT2D eigenvalue weighted by atomic mass is 10.3. The lowest BCUT2D eigenvalue weighted by molar-refractivity contribution is -0.138. The molecule has 6 nitrogen and oxygen atoms in total. The first-order valence-electron chi connectivity index (χ1n) is 4.09. The smallest absolute Gasteiger partial charge is 0.238 e. The molecule has 0 aromatic rings. The summed E-state index contributed by atoms with van der Waals surface area (Å²) in [7, 11) is 0. The summed E-state index contributed by atoms with van der Waals surface area (Å²) in [5, 5.41) is 3.26. The number of hydrogen-bond acceptors (Lipinski definition) is 3. The number of carbonyl (C=O) groups is 2. The van der Waals surface area contributed by atoms with Crippen molar-refractivity contribution in [3.63, 3.8) is 0 Å². The van der Waals surface area contributed by atoms with Gasteiger partial charge in [0.2, 0.25) is 11.8 Å². The quantitative estimate of drug-likeness (QED) is 0.280. The van der Waals surface area contributed by atoms with Crippen molar-refractivity contribution in [1.29, 1.82) is 0 Å². The highest BCUT2D eigenvalue weighted by Gasteiger charge is 2.37. The summed E-state index contributed by atoms with van der Waals surface area (Å²) in [4.78, 5) is 26.2. The van der Waals surface area contributed by atoms with E-state index < -0.39 is 6.04 Å². The van der Waals surface area contributed by atoms with E-state index in [1.54, 1.807) is 0 Å². The maximum atomic E-state index is 11.3. The molecule has 13 heavy (non-hydrogen) atoms. The van der Waals surface area contributed by atoms with E-state index in [1.165, 1.54) is 0 Å². The van der Waals surface area contributed by atoms with Gasteiger partial charge in [0.25, 0.3) is 0 Å². The molecule has 0 saturated carbocycles. The molecule has 1 fully saturated rings. The molecule has 0 aromatic carbocycles. The number of likely N-dealkylation sites (tertiary alicyclic amines) is 1. The molecule has 1 aliphatic rings. The van der Waals surface area contributed by atoms with Crippen LogP contribution in [0, 0.1) is 0 Å². The summed E-state index contributed by atoms with van der Waals surface area (Å²) in [6.07, 6.45) is 0.739. The number of azide groups is 1. The molecule has 1 rings (SSSR count). The van der Waals surface area contributed by atoms with Crippen LogP contribution in [0.4, 0.5) is 0 Å². The third kappa shape index (κ3) is 1.78. The molecule has 0 radical (unpaired) electrons. The average Bonchev–Trinajstić information content (AvgIpc) is 2.34. The summed E-state index contributed by atoms with van der Waals surface area (Å²) < 4.78 is 0. The fourth-order valence-corrected chi connectivity index (χ4v) is 1.28. The normalized spacial score (nSPS) is 21.9. The van der Waals surface area contributed by atoms with Crippen LogP contribution in [0.1, 0.15) is 19.8 Å². The predicted octanol–water partition coefficient (Wildman–Crippen LogP) is 0.834. The van der Waals surface area contributed by atoms with Crippen molar-refractivity contribution >= 4 is 11.8 Å². The van der Waals surface area contributed by atoms with E-state index in [2.05, 4.69) is 10.0 Å². The molecule has 1 heterocycles. The van der Waals surface area contributed by atoms with Gasteiger partial charge in [-0.3, -0.25) is 14.5 Å². The minimum absolute atomic E-state index is 0.0168.